The van der Waals surface area contributed by atoms with Gasteiger partial charge in [-0.05, 0) is 70.5 Å². The molecule has 0 spiro atoms. The van der Waals surface area contributed by atoms with Crippen LogP contribution in [0.1, 0.15) is 10.4 Å². The van der Waals surface area contributed by atoms with Gasteiger partial charge in [-0.2, -0.15) is 0 Å². The fraction of sp³-hybridized carbons (Fsp3) is 0.200. The van der Waals surface area contributed by atoms with Crippen LogP contribution in [-0.4, -0.2) is 58.1 Å². The number of piperazine rings is 1. The summed E-state index contributed by atoms with van der Waals surface area (Å²) in [7, 11) is -4.53. The van der Waals surface area contributed by atoms with Crippen LogP contribution in [0.4, 0.5) is 21.5 Å². The molecule has 0 atom stereocenters. The minimum atomic E-state index is -4.53. The minimum Gasteiger partial charge on any atom is -0.480 e. The predicted octanol–water partition coefficient (Wildman–Crippen LogP) is 3.53. The van der Waals surface area contributed by atoms with Crippen molar-refractivity contribution in [3.63, 3.8) is 0 Å². The highest BCUT2D eigenvalue weighted by Crippen LogP contribution is 2.32. The zero-order valence-corrected chi connectivity index (χ0v) is 21.9. The van der Waals surface area contributed by atoms with Gasteiger partial charge in [0.2, 0.25) is 0 Å². The van der Waals surface area contributed by atoms with E-state index in [1.165, 1.54) is 30.3 Å². The molecule has 194 valence electrons. The van der Waals surface area contributed by atoms with Gasteiger partial charge in [0.25, 0.3) is 15.9 Å². The molecule has 1 amide bonds. The lowest BCUT2D eigenvalue weighted by Gasteiger charge is -2.29. The number of amides is 1. The van der Waals surface area contributed by atoms with Gasteiger partial charge in [-0.15, -0.1) is 0 Å². The molecule has 0 unspecified atom stereocenters. The molecule has 37 heavy (non-hydrogen) atoms. The van der Waals surface area contributed by atoms with Crippen molar-refractivity contribution in [1.82, 2.24) is 5.32 Å². The van der Waals surface area contributed by atoms with Crippen molar-refractivity contribution in [2.45, 2.75) is 4.90 Å². The number of nitrogens with one attached hydrogen (secondary N) is 2. The molecule has 0 bridgehead atoms. The van der Waals surface area contributed by atoms with E-state index in [1.54, 1.807) is 12.1 Å². The van der Waals surface area contributed by atoms with Gasteiger partial charge < -0.3 is 20.6 Å². The zero-order chi connectivity index (χ0) is 26.6. The maximum atomic E-state index is 14.3. The number of carboxylic acid groups (broad SMARTS) is 1. The monoisotopic (exact) mass is 590 g/mol. The Balaban J connectivity index is 1.55. The molecule has 1 fully saturated rings. The van der Waals surface area contributed by atoms with Crippen LogP contribution >= 0.6 is 15.9 Å². The molecule has 1 aliphatic heterocycles. The van der Waals surface area contributed by atoms with E-state index in [0.717, 1.165) is 44.0 Å². The Kier molecular flexibility index (Phi) is 8.10. The van der Waals surface area contributed by atoms with Crippen LogP contribution in [0.3, 0.4) is 0 Å². The number of benzene rings is 3. The lowest BCUT2D eigenvalue weighted by atomic mass is 10.1. The topological polar surface area (TPSA) is 119 Å². The summed E-state index contributed by atoms with van der Waals surface area (Å²) in [6, 6.07) is 16.1. The molecule has 4 rings (SSSR count). The molecular formula is C25H24BrFN4O5S. The molecule has 1 aliphatic rings. The summed E-state index contributed by atoms with van der Waals surface area (Å²) < 4.78 is 41.4. The van der Waals surface area contributed by atoms with Crippen molar-refractivity contribution in [1.29, 1.82) is 0 Å². The van der Waals surface area contributed by atoms with Crippen molar-refractivity contribution < 1.29 is 27.5 Å². The number of hydrogen-bond donors (Lipinski definition) is 3. The van der Waals surface area contributed by atoms with Crippen molar-refractivity contribution in [2.75, 3.05) is 47.2 Å². The third kappa shape index (κ3) is 6.09. The highest BCUT2D eigenvalue weighted by Gasteiger charge is 2.30. The number of aliphatic carboxylic acids is 1. The molecule has 0 aliphatic carbocycles. The summed E-state index contributed by atoms with van der Waals surface area (Å²) in [4.78, 5) is 25.9. The number of halogens is 2. The molecule has 0 aromatic heterocycles. The first-order chi connectivity index (χ1) is 17.7. The van der Waals surface area contributed by atoms with Crippen molar-refractivity contribution in [2.24, 2.45) is 0 Å². The molecule has 12 heteroatoms. The van der Waals surface area contributed by atoms with Crippen LogP contribution in [0.5, 0.6) is 0 Å². The number of anilines is 3. The van der Waals surface area contributed by atoms with Crippen molar-refractivity contribution >= 4 is 54.9 Å². The maximum Gasteiger partial charge on any atom is 0.324 e. The number of carbonyl (C=O) groups excluding carboxylic acids is 1. The van der Waals surface area contributed by atoms with Crippen LogP contribution in [0, 0.1) is 5.82 Å². The van der Waals surface area contributed by atoms with Crippen LogP contribution in [0.2, 0.25) is 0 Å². The lowest BCUT2D eigenvalue weighted by Crippen LogP contribution is -2.43. The Labute approximate surface area is 222 Å². The molecule has 3 N–H and O–H groups in total. The highest BCUT2D eigenvalue weighted by atomic mass is 79.9. The molecular weight excluding hydrogens is 567 g/mol. The largest absolute Gasteiger partial charge is 0.480 e. The standard InChI is InChI=1S/C25H24BrFN4O5S/c26-20-15-19(31(16-24(32)33)37(35,36)23-4-2-1-3-21(23)27)9-10-22(20)29-25(34)17-5-7-18(8-6-17)30-13-11-28-12-14-30/h1-10,15,28H,11-14,16H2,(H,29,34)(H,32,33). The van der Waals surface area contributed by atoms with Crippen LogP contribution in [0.15, 0.2) is 76.1 Å². The number of hydrogen-bond acceptors (Lipinski definition) is 6. The van der Waals surface area contributed by atoms with E-state index in [1.807, 2.05) is 12.1 Å². The molecule has 9 nitrogen and oxygen atoms in total. The van der Waals surface area contributed by atoms with E-state index in [4.69, 9.17) is 0 Å². The average Bonchev–Trinajstić information content (AvgIpc) is 2.89. The fourth-order valence-electron chi connectivity index (χ4n) is 3.91. The summed E-state index contributed by atoms with van der Waals surface area (Å²) >= 11 is 3.31. The minimum absolute atomic E-state index is 0.0177. The SMILES string of the molecule is O=C(O)CN(c1ccc(NC(=O)c2ccc(N3CCNCC3)cc2)c(Br)c1)S(=O)(=O)c1ccccc1F. The third-order valence-corrected chi connectivity index (χ3v) is 8.25. The third-order valence-electron chi connectivity index (χ3n) is 5.78. The van der Waals surface area contributed by atoms with E-state index in [0.29, 0.717) is 20.0 Å². The van der Waals surface area contributed by atoms with Crippen LogP contribution in [-0.2, 0) is 14.8 Å². The van der Waals surface area contributed by atoms with E-state index in [2.05, 4.69) is 31.5 Å². The van der Waals surface area contributed by atoms with Crippen LogP contribution < -0.4 is 19.8 Å². The number of nitrogens with zero attached hydrogens (tertiary/aromatic N) is 2. The van der Waals surface area contributed by atoms with Gasteiger partial charge in [0.1, 0.15) is 17.3 Å². The Bertz CT molecular complexity index is 1410. The van der Waals surface area contributed by atoms with Gasteiger partial charge in [-0.1, -0.05) is 12.1 Å². The maximum absolute atomic E-state index is 14.3. The van der Waals surface area contributed by atoms with Crippen molar-refractivity contribution in [3.8, 4) is 0 Å². The summed E-state index contributed by atoms with van der Waals surface area (Å²) in [5, 5.41) is 15.4. The van der Waals surface area contributed by atoms with Crippen molar-refractivity contribution in [3.05, 3.63) is 82.6 Å². The molecule has 0 radical (unpaired) electrons. The van der Waals surface area contributed by atoms with Crippen LogP contribution in [0.25, 0.3) is 0 Å². The second-order valence-electron chi connectivity index (χ2n) is 8.24. The van der Waals surface area contributed by atoms with E-state index in [9.17, 15) is 27.5 Å². The highest BCUT2D eigenvalue weighted by molar-refractivity contribution is 9.10. The summed E-state index contributed by atoms with van der Waals surface area (Å²) in [5.41, 5.74) is 1.79. The first-order valence-electron chi connectivity index (χ1n) is 11.3. The molecule has 1 heterocycles. The van der Waals surface area contributed by atoms with E-state index in [-0.39, 0.29) is 11.6 Å². The number of rotatable bonds is 8. The number of carboxylic acids is 1. The normalized spacial score (nSPS) is 13.7. The Morgan fingerprint density at radius 1 is 1.05 bits per heavy atom. The lowest BCUT2D eigenvalue weighted by molar-refractivity contribution is -0.135. The average molecular weight is 591 g/mol. The molecule has 3 aromatic rings. The molecule has 1 saturated heterocycles. The fourth-order valence-corrected chi connectivity index (χ4v) is 5.85. The Morgan fingerprint density at radius 3 is 2.35 bits per heavy atom. The predicted molar refractivity (Wildman–Crippen MR) is 142 cm³/mol. The van der Waals surface area contributed by atoms with Gasteiger partial charge in [0.15, 0.2) is 0 Å². The summed E-state index contributed by atoms with van der Waals surface area (Å²) in [5.74, 6) is -2.79. The zero-order valence-electron chi connectivity index (χ0n) is 19.5. The van der Waals surface area contributed by atoms with E-state index < -0.39 is 33.3 Å². The van der Waals surface area contributed by atoms with Gasteiger partial charge in [0.05, 0.1) is 11.4 Å². The number of carbonyl (C=O) groups is 2. The summed E-state index contributed by atoms with van der Waals surface area (Å²) in [6.07, 6.45) is 0. The number of sulfonamides is 1. The van der Waals surface area contributed by atoms with Gasteiger partial charge in [-0.25, -0.2) is 12.8 Å². The van der Waals surface area contributed by atoms with Gasteiger partial charge in [-0.3, -0.25) is 13.9 Å². The Hall–Kier alpha value is -3.48. The van der Waals surface area contributed by atoms with Gasteiger partial charge >= 0.3 is 5.97 Å². The smallest absolute Gasteiger partial charge is 0.324 e. The second kappa shape index (κ2) is 11.3. The first kappa shape index (κ1) is 26.6. The first-order valence-corrected chi connectivity index (χ1v) is 13.6. The Morgan fingerprint density at radius 2 is 1.73 bits per heavy atom. The second-order valence-corrected chi connectivity index (χ2v) is 10.9. The molecule has 3 aromatic carbocycles. The van der Waals surface area contributed by atoms with E-state index >= 15 is 0 Å². The summed E-state index contributed by atoms with van der Waals surface area (Å²) in [6.45, 7) is 2.65. The van der Waals surface area contributed by atoms with Gasteiger partial charge in [0, 0.05) is 41.9 Å². The quantitative estimate of drug-likeness (QED) is 0.367. The molecule has 0 saturated carbocycles.